The summed E-state index contributed by atoms with van der Waals surface area (Å²) in [6, 6.07) is 5.55. The summed E-state index contributed by atoms with van der Waals surface area (Å²) < 4.78 is 5.33. The Labute approximate surface area is 116 Å². The third-order valence-electron chi connectivity index (χ3n) is 2.29. The molecule has 0 atom stereocenters. The van der Waals surface area contributed by atoms with Crippen LogP contribution in [-0.4, -0.2) is 16.6 Å². The first kappa shape index (κ1) is 13.5. The van der Waals surface area contributed by atoms with Crippen molar-refractivity contribution in [3.05, 3.63) is 35.5 Å². The molecule has 0 fully saturated rings. The lowest BCUT2D eigenvalue weighted by Crippen LogP contribution is -2.23. The normalized spacial score (nSPS) is 11.3. The molecule has 0 radical (unpaired) electrons. The van der Waals surface area contributed by atoms with Crippen LogP contribution in [0.15, 0.2) is 30.6 Å². The number of ether oxygens (including phenoxy) is 1. The Bertz CT molecular complexity index is 585. The number of nitrogen functional groups attached to an aromatic ring is 1. The van der Waals surface area contributed by atoms with Crippen molar-refractivity contribution in [3.8, 4) is 10.4 Å². The van der Waals surface area contributed by atoms with E-state index >= 15 is 0 Å². The van der Waals surface area contributed by atoms with Crippen molar-refractivity contribution < 1.29 is 9.53 Å². The van der Waals surface area contributed by atoms with Crippen LogP contribution < -0.4 is 5.73 Å². The second-order valence-electron chi connectivity index (χ2n) is 5.14. The molecule has 0 unspecified atom stereocenters. The standard InChI is InChI=1S/C14H16N2O2S/c1-14(2,3)18-13(17)12-10(15)7-11(19-12)9-5-4-6-16-8-9/h4-8H,15H2,1-3H3. The highest BCUT2D eigenvalue weighted by atomic mass is 32.1. The molecule has 0 aliphatic rings. The number of nitrogens with zero attached hydrogens (tertiary/aromatic N) is 1. The van der Waals surface area contributed by atoms with Gasteiger partial charge in [-0.25, -0.2) is 4.79 Å². The minimum atomic E-state index is -0.526. The number of hydrogen-bond donors (Lipinski definition) is 1. The summed E-state index contributed by atoms with van der Waals surface area (Å²) in [7, 11) is 0. The first-order valence-corrected chi connectivity index (χ1v) is 6.71. The molecule has 5 heteroatoms. The van der Waals surface area contributed by atoms with Crippen LogP contribution in [0.2, 0.25) is 0 Å². The molecule has 0 saturated heterocycles. The molecule has 4 nitrogen and oxygen atoms in total. The number of nitrogens with two attached hydrogens (primary N) is 1. The van der Waals surface area contributed by atoms with E-state index in [1.807, 2.05) is 32.9 Å². The highest BCUT2D eigenvalue weighted by molar-refractivity contribution is 7.18. The monoisotopic (exact) mass is 276 g/mol. The number of carbonyl (C=O) groups excluding carboxylic acids is 1. The Balaban J connectivity index is 2.30. The Morgan fingerprint density at radius 2 is 2.16 bits per heavy atom. The average Bonchev–Trinajstić information content (AvgIpc) is 2.70. The van der Waals surface area contributed by atoms with Gasteiger partial charge in [0.15, 0.2) is 0 Å². The Hall–Kier alpha value is -1.88. The number of hydrogen-bond acceptors (Lipinski definition) is 5. The second kappa shape index (κ2) is 5.01. The van der Waals surface area contributed by atoms with E-state index in [-0.39, 0.29) is 5.97 Å². The zero-order valence-electron chi connectivity index (χ0n) is 11.1. The predicted molar refractivity (Wildman–Crippen MR) is 77.1 cm³/mol. The van der Waals surface area contributed by atoms with Crippen molar-refractivity contribution in [2.75, 3.05) is 5.73 Å². The van der Waals surface area contributed by atoms with E-state index in [0.29, 0.717) is 10.6 Å². The number of rotatable bonds is 2. The van der Waals surface area contributed by atoms with Gasteiger partial charge < -0.3 is 10.5 Å². The SMILES string of the molecule is CC(C)(C)OC(=O)c1sc(-c2cccnc2)cc1N. The van der Waals surface area contributed by atoms with Crippen LogP contribution in [0, 0.1) is 0 Å². The number of aromatic nitrogens is 1. The molecule has 2 N–H and O–H groups in total. The fraction of sp³-hybridized carbons (Fsp3) is 0.286. The van der Waals surface area contributed by atoms with E-state index in [9.17, 15) is 4.79 Å². The third-order valence-corrected chi connectivity index (χ3v) is 3.47. The van der Waals surface area contributed by atoms with Crippen LogP contribution in [0.25, 0.3) is 10.4 Å². The summed E-state index contributed by atoms with van der Waals surface area (Å²) in [5, 5.41) is 0. The summed E-state index contributed by atoms with van der Waals surface area (Å²) >= 11 is 1.32. The van der Waals surface area contributed by atoms with Gasteiger partial charge in [-0.1, -0.05) is 6.07 Å². The summed E-state index contributed by atoms with van der Waals surface area (Å²) in [5.74, 6) is -0.384. The summed E-state index contributed by atoms with van der Waals surface area (Å²) in [6.45, 7) is 5.49. The number of carbonyl (C=O) groups is 1. The summed E-state index contributed by atoms with van der Waals surface area (Å²) in [4.78, 5) is 17.4. The molecule has 0 aliphatic carbocycles. The van der Waals surface area contributed by atoms with Crippen LogP contribution in [-0.2, 0) is 4.74 Å². The largest absolute Gasteiger partial charge is 0.456 e. The maximum Gasteiger partial charge on any atom is 0.350 e. The van der Waals surface area contributed by atoms with Gasteiger partial charge in [0, 0.05) is 22.8 Å². The summed E-state index contributed by atoms with van der Waals surface area (Å²) in [5.41, 5.74) is 6.74. The van der Waals surface area contributed by atoms with Gasteiger partial charge in [0.2, 0.25) is 0 Å². The molecule has 19 heavy (non-hydrogen) atoms. The molecule has 0 saturated carbocycles. The minimum absolute atomic E-state index is 0.384. The molecule has 2 rings (SSSR count). The number of anilines is 1. The van der Waals surface area contributed by atoms with E-state index in [1.165, 1.54) is 11.3 Å². The van der Waals surface area contributed by atoms with Crippen LogP contribution >= 0.6 is 11.3 Å². The van der Waals surface area contributed by atoms with Crippen LogP contribution in [0.4, 0.5) is 5.69 Å². The van der Waals surface area contributed by atoms with Crippen molar-refractivity contribution in [1.82, 2.24) is 4.98 Å². The lowest BCUT2D eigenvalue weighted by Gasteiger charge is -2.18. The van der Waals surface area contributed by atoms with Crippen molar-refractivity contribution >= 4 is 23.0 Å². The first-order chi connectivity index (χ1) is 8.87. The molecule has 0 spiro atoms. The molecule has 2 heterocycles. The van der Waals surface area contributed by atoms with E-state index in [1.54, 1.807) is 18.5 Å². The molecule has 0 amide bonds. The zero-order valence-corrected chi connectivity index (χ0v) is 12.0. The van der Waals surface area contributed by atoms with Crippen molar-refractivity contribution in [2.24, 2.45) is 0 Å². The molecule has 0 aromatic carbocycles. The van der Waals surface area contributed by atoms with E-state index in [4.69, 9.17) is 10.5 Å². The molecule has 0 aliphatic heterocycles. The van der Waals surface area contributed by atoms with Gasteiger partial charge in [-0.3, -0.25) is 4.98 Å². The highest BCUT2D eigenvalue weighted by Gasteiger charge is 2.22. The third kappa shape index (κ3) is 3.32. The maximum absolute atomic E-state index is 12.0. The van der Waals surface area contributed by atoms with E-state index in [0.717, 1.165) is 10.4 Å². The second-order valence-corrected chi connectivity index (χ2v) is 6.19. The lowest BCUT2D eigenvalue weighted by molar-refractivity contribution is 0.00764. The van der Waals surface area contributed by atoms with Gasteiger partial charge in [0.1, 0.15) is 10.5 Å². The topological polar surface area (TPSA) is 65.2 Å². The highest BCUT2D eigenvalue weighted by Crippen LogP contribution is 2.33. The van der Waals surface area contributed by atoms with Crippen molar-refractivity contribution in [2.45, 2.75) is 26.4 Å². The lowest BCUT2D eigenvalue weighted by atomic mass is 10.2. The quantitative estimate of drug-likeness (QED) is 0.854. The number of thiophene rings is 1. The fourth-order valence-electron chi connectivity index (χ4n) is 1.54. The Kier molecular flexibility index (Phi) is 3.57. The van der Waals surface area contributed by atoms with Gasteiger partial charge in [-0.15, -0.1) is 11.3 Å². The Morgan fingerprint density at radius 3 is 2.74 bits per heavy atom. The molecule has 2 aromatic rings. The van der Waals surface area contributed by atoms with Gasteiger partial charge in [-0.2, -0.15) is 0 Å². The maximum atomic E-state index is 12.0. The molecule has 0 bridgehead atoms. The zero-order chi connectivity index (χ0) is 14.0. The van der Waals surface area contributed by atoms with Gasteiger partial charge in [0.25, 0.3) is 0 Å². The first-order valence-electron chi connectivity index (χ1n) is 5.90. The van der Waals surface area contributed by atoms with Crippen molar-refractivity contribution in [3.63, 3.8) is 0 Å². The van der Waals surface area contributed by atoms with E-state index < -0.39 is 5.60 Å². The fourth-order valence-corrected chi connectivity index (χ4v) is 2.49. The minimum Gasteiger partial charge on any atom is -0.456 e. The van der Waals surface area contributed by atoms with Gasteiger partial charge in [-0.05, 0) is 32.9 Å². The number of pyridine rings is 1. The predicted octanol–water partition coefficient (Wildman–Crippen LogP) is 3.35. The van der Waals surface area contributed by atoms with Gasteiger partial charge >= 0.3 is 5.97 Å². The van der Waals surface area contributed by atoms with Crippen LogP contribution in [0.3, 0.4) is 0 Å². The molecule has 2 aromatic heterocycles. The number of esters is 1. The molecular formula is C14H16N2O2S. The Morgan fingerprint density at radius 1 is 1.42 bits per heavy atom. The van der Waals surface area contributed by atoms with Crippen LogP contribution in [0.5, 0.6) is 0 Å². The van der Waals surface area contributed by atoms with Crippen molar-refractivity contribution in [1.29, 1.82) is 0 Å². The molecular weight excluding hydrogens is 260 g/mol. The average molecular weight is 276 g/mol. The van der Waals surface area contributed by atoms with Crippen LogP contribution in [0.1, 0.15) is 30.4 Å². The van der Waals surface area contributed by atoms with E-state index in [2.05, 4.69) is 4.98 Å². The molecule has 100 valence electrons. The smallest absolute Gasteiger partial charge is 0.350 e. The summed E-state index contributed by atoms with van der Waals surface area (Å²) in [6.07, 6.45) is 3.44. The van der Waals surface area contributed by atoms with Gasteiger partial charge in [0.05, 0.1) is 5.69 Å².